The first-order chi connectivity index (χ1) is 25.8. The Morgan fingerprint density at radius 3 is 1.94 bits per heavy atom. The first-order valence-corrected chi connectivity index (χ1v) is 17.8. The minimum atomic E-state index is 1.06. The van der Waals surface area contributed by atoms with E-state index in [9.17, 15) is 0 Å². The Morgan fingerprint density at radius 2 is 1.08 bits per heavy atom. The number of pyridine rings is 1. The van der Waals surface area contributed by atoms with E-state index < -0.39 is 0 Å². The van der Waals surface area contributed by atoms with Crippen molar-refractivity contribution < 1.29 is 0 Å². The van der Waals surface area contributed by atoms with Crippen LogP contribution < -0.4 is 4.90 Å². The summed E-state index contributed by atoms with van der Waals surface area (Å²) in [7, 11) is 0. The third kappa shape index (κ3) is 4.30. The molecule has 0 bridgehead atoms. The van der Waals surface area contributed by atoms with Gasteiger partial charge in [-0.25, -0.2) is 0 Å². The molecule has 0 atom stereocenters. The Morgan fingerprint density at radius 1 is 0.404 bits per heavy atom. The predicted octanol–water partition coefficient (Wildman–Crippen LogP) is 13.4. The highest BCUT2D eigenvalue weighted by Gasteiger charge is 2.19. The summed E-state index contributed by atoms with van der Waals surface area (Å²) in [6.07, 6.45) is 1.89. The molecular formula is C49H31N3. The molecule has 9 aromatic carbocycles. The summed E-state index contributed by atoms with van der Waals surface area (Å²) >= 11 is 0. The van der Waals surface area contributed by atoms with Crippen molar-refractivity contribution >= 4 is 82.1 Å². The quantitative estimate of drug-likeness (QED) is 0.135. The van der Waals surface area contributed by atoms with Crippen molar-refractivity contribution in [3.63, 3.8) is 0 Å². The molecule has 0 aliphatic heterocycles. The summed E-state index contributed by atoms with van der Waals surface area (Å²) in [6.45, 7) is 0. The van der Waals surface area contributed by atoms with E-state index in [0.29, 0.717) is 0 Å². The second-order valence-electron chi connectivity index (χ2n) is 13.6. The molecule has 0 aliphatic rings. The number of benzene rings is 9. The van der Waals surface area contributed by atoms with Gasteiger partial charge in [0.15, 0.2) is 0 Å². The first-order valence-electron chi connectivity index (χ1n) is 17.8. The number of hydrogen-bond acceptors (Lipinski definition) is 2. The van der Waals surface area contributed by atoms with Crippen molar-refractivity contribution in [3.8, 4) is 16.8 Å². The van der Waals surface area contributed by atoms with Crippen molar-refractivity contribution in [2.24, 2.45) is 0 Å². The normalized spacial score (nSPS) is 11.8. The molecule has 52 heavy (non-hydrogen) atoms. The van der Waals surface area contributed by atoms with Crippen molar-refractivity contribution in [2.75, 3.05) is 4.90 Å². The van der Waals surface area contributed by atoms with Gasteiger partial charge >= 0.3 is 0 Å². The third-order valence-electron chi connectivity index (χ3n) is 10.7. The van der Waals surface area contributed by atoms with Crippen molar-refractivity contribution in [3.05, 3.63) is 188 Å². The molecule has 2 aromatic heterocycles. The summed E-state index contributed by atoms with van der Waals surface area (Å²) < 4.78 is 2.37. The summed E-state index contributed by atoms with van der Waals surface area (Å²) in [5.41, 5.74) is 10.4. The maximum Gasteiger partial charge on any atom is 0.0780 e. The molecule has 11 rings (SSSR count). The van der Waals surface area contributed by atoms with Crippen LogP contribution in [0.3, 0.4) is 0 Å². The van der Waals surface area contributed by atoms with Gasteiger partial charge in [0, 0.05) is 50.5 Å². The lowest BCUT2D eigenvalue weighted by Gasteiger charge is -2.26. The molecule has 0 aliphatic carbocycles. The molecule has 0 unspecified atom stereocenters. The van der Waals surface area contributed by atoms with E-state index in [1.54, 1.807) is 0 Å². The van der Waals surface area contributed by atoms with Crippen LogP contribution in [0.4, 0.5) is 17.1 Å². The van der Waals surface area contributed by atoms with Gasteiger partial charge < -0.3 is 9.47 Å². The van der Waals surface area contributed by atoms with Crippen LogP contribution in [0.5, 0.6) is 0 Å². The van der Waals surface area contributed by atoms with Crippen molar-refractivity contribution in [1.82, 2.24) is 9.55 Å². The largest absolute Gasteiger partial charge is 0.310 e. The highest BCUT2D eigenvalue weighted by molar-refractivity contribution is 6.30. The Bertz CT molecular complexity index is 3110. The van der Waals surface area contributed by atoms with Gasteiger partial charge in [-0.2, -0.15) is 0 Å². The molecule has 2 heterocycles. The lowest BCUT2D eigenvalue weighted by atomic mass is 9.89. The topological polar surface area (TPSA) is 21.1 Å². The average Bonchev–Trinajstić information content (AvgIpc) is 3.54. The standard InChI is InChI=1S/C49H31N3/c1-3-11-36(12-4-1)51(39-24-28-46-44(31-39)41-15-7-8-16-45(41)52(46)37-13-5-2-6-14-37)38-22-19-32(20-23-38)40-25-21-33-17-18-34-30-35-10-9-29-50-49(35)43-27-26-42(40)47(33)48(34)43/h1-31H. The van der Waals surface area contributed by atoms with Crippen LogP contribution in [0.15, 0.2) is 188 Å². The highest BCUT2D eigenvalue weighted by Crippen LogP contribution is 2.43. The van der Waals surface area contributed by atoms with Crippen LogP contribution in [-0.4, -0.2) is 9.55 Å². The molecule has 3 nitrogen and oxygen atoms in total. The van der Waals surface area contributed by atoms with Crippen molar-refractivity contribution in [1.29, 1.82) is 0 Å². The summed E-state index contributed by atoms with van der Waals surface area (Å²) in [4.78, 5) is 7.15. The van der Waals surface area contributed by atoms with E-state index in [1.807, 2.05) is 12.3 Å². The lowest BCUT2D eigenvalue weighted by Crippen LogP contribution is -2.09. The van der Waals surface area contributed by atoms with E-state index in [4.69, 9.17) is 4.98 Å². The molecule has 11 aromatic rings. The molecule has 3 heteroatoms. The van der Waals surface area contributed by atoms with Crippen molar-refractivity contribution in [2.45, 2.75) is 0 Å². The number of anilines is 3. The molecule has 0 spiro atoms. The number of para-hydroxylation sites is 3. The molecule has 0 fully saturated rings. The van der Waals surface area contributed by atoms with E-state index in [0.717, 1.165) is 28.3 Å². The monoisotopic (exact) mass is 661 g/mol. The van der Waals surface area contributed by atoms with Gasteiger partial charge in [-0.05, 0) is 111 Å². The van der Waals surface area contributed by atoms with Crippen LogP contribution >= 0.6 is 0 Å². The average molecular weight is 662 g/mol. The summed E-state index contributed by atoms with van der Waals surface area (Å²) in [6, 6.07) is 66.0. The number of nitrogens with zero attached hydrogens (tertiary/aromatic N) is 3. The Labute approximate surface area is 300 Å². The van der Waals surface area contributed by atoms with E-state index in [1.165, 1.54) is 70.6 Å². The van der Waals surface area contributed by atoms with Gasteiger partial charge in [-0.3, -0.25) is 4.98 Å². The van der Waals surface area contributed by atoms with E-state index >= 15 is 0 Å². The minimum absolute atomic E-state index is 1.06. The highest BCUT2D eigenvalue weighted by atomic mass is 15.1. The molecular weight excluding hydrogens is 631 g/mol. The molecule has 0 saturated carbocycles. The maximum atomic E-state index is 4.78. The van der Waals surface area contributed by atoms with Gasteiger partial charge in [0.05, 0.1) is 16.6 Å². The summed E-state index contributed by atoms with van der Waals surface area (Å²) in [5, 5.41) is 11.2. The Kier molecular flexibility index (Phi) is 6.25. The number of fused-ring (bicyclic) bond motifs is 5. The molecule has 0 amide bonds. The lowest BCUT2D eigenvalue weighted by molar-refractivity contribution is 1.18. The van der Waals surface area contributed by atoms with E-state index in [-0.39, 0.29) is 0 Å². The van der Waals surface area contributed by atoms with Crippen LogP contribution in [0, 0.1) is 0 Å². The smallest absolute Gasteiger partial charge is 0.0780 e. The Hall–Kier alpha value is -6.97. The number of aromatic nitrogens is 2. The molecule has 0 N–H and O–H groups in total. The predicted molar refractivity (Wildman–Crippen MR) is 220 cm³/mol. The zero-order chi connectivity index (χ0) is 34.2. The fraction of sp³-hybridized carbons (Fsp3) is 0. The fourth-order valence-electron chi connectivity index (χ4n) is 8.44. The van der Waals surface area contributed by atoms with Gasteiger partial charge in [-0.1, -0.05) is 109 Å². The molecule has 0 saturated heterocycles. The van der Waals surface area contributed by atoms with E-state index in [2.05, 4.69) is 185 Å². The van der Waals surface area contributed by atoms with Gasteiger partial charge in [0.1, 0.15) is 0 Å². The van der Waals surface area contributed by atoms with Crippen LogP contribution in [0.2, 0.25) is 0 Å². The number of rotatable bonds is 5. The molecule has 242 valence electrons. The second-order valence-corrected chi connectivity index (χ2v) is 13.6. The minimum Gasteiger partial charge on any atom is -0.310 e. The summed E-state index contributed by atoms with van der Waals surface area (Å²) in [5.74, 6) is 0. The van der Waals surface area contributed by atoms with Crippen LogP contribution in [-0.2, 0) is 0 Å². The maximum absolute atomic E-state index is 4.78. The molecule has 0 radical (unpaired) electrons. The van der Waals surface area contributed by atoms with Gasteiger partial charge in [-0.15, -0.1) is 0 Å². The fourth-order valence-corrected chi connectivity index (χ4v) is 8.44. The second kappa shape index (κ2) is 11.3. The SMILES string of the molecule is c1ccc(N(c2ccc(-c3ccc4ccc5cc6cccnc6c6ccc3c4c56)cc2)c2ccc3c(c2)c2ccccc2n3-c2ccccc2)cc1. The zero-order valence-corrected chi connectivity index (χ0v) is 28.2. The number of hydrogen-bond donors (Lipinski definition) is 0. The third-order valence-corrected chi connectivity index (χ3v) is 10.7. The van der Waals surface area contributed by atoms with Gasteiger partial charge in [0.2, 0.25) is 0 Å². The zero-order valence-electron chi connectivity index (χ0n) is 28.2. The Balaban J connectivity index is 1.06. The van der Waals surface area contributed by atoms with Crippen LogP contribution in [0.1, 0.15) is 0 Å². The van der Waals surface area contributed by atoms with Gasteiger partial charge in [0.25, 0.3) is 0 Å². The first kappa shape index (κ1) is 28.8. The van der Waals surface area contributed by atoms with Crippen LogP contribution in [0.25, 0.3) is 81.8 Å².